The number of hydrogen-bond donors (Lipinski definition) is 1. The molecular formula is C27H28N2O3. The Kier molecular flexibility index (Phi) is 6.85. The summed E-state index contributed by atoms with van der Waals surface area (Å²) in [7, 11) is 0. The second kappa shape index (κ2) is 10.1. The summed E-state index contributed by atoms with van der Waals surface area (Å²) in [6.07, 6.45) is 3.68. The van der Waals surface area contributed by atoms with E-state index in [0.29, 0.717) is 24.5 Å². The van der Waals surface area contributed by atoms with Gasteiger partial charge in [0.15, 0.2) is 11.5 Å². The Hall–Kier alpha value is -3.60. The SMILES string of the molecule is CCCCOc1ccc(C(=O)Nc2ccc(Cc3nc4cc(CC)ccc4o3)cc2)cc1. The van der Waals surface area contributed by atoms with E-state index in [4.69, 9.17) is 9.15 Å². The lowest BCUT2D eigenvalue weighted by Crippen LogP contribution is -2.11. The van der Waals surface area contributed by atoms with Gasteiger partial charge < -0.3 is 14.5 Å². The normalized spacial score (nSPS) is 10.9. The highest BCUT2D eigenvalue weighted by Gasteiger charge is 2.09. The van der Waals surface area contributed by atoms with Crippen LogP contribution in [0, 0.1) is 0 Å². The maximum absolute atomic E-state index is 12.5. The lowest BCUT2D eigenvalue weighted by atomic mass is 10.1. The second-order valence-corrected chi connectivity index (χ2v) is 7.82. The first-order valence-corrected chi connectivity index (χ1v) is 11.2. The van der Waals surface area contributed by atoms with Crippen LogP contribution in [0.3, 0.4) is 0 Å². The zero-order chi connectivity index (χ0) is 22.3. The fourth-order valence-corrected chi connectivity index (χ4v) is 3.44. The van der Waals surface area contributed by atoms with Crippen molar-refractivity contribution in [2.75, 3.05) is 11.9 Å². The van der Waals surface area contributed by atoms with Crippen LogP contribution in [0.4, 0.5) is 5.69 Å². The van der Waals surface area contributed by atoms with E-state index in [9.17, 15) is 4.79 Å². The average Bonchev–Trinajstić information content (AvgIpc) is 3.22. The molecule has 4 rings (SSSR count). The Morgan fingerprint density at radius 1 is 0.969 bits per heavy atom. The molecule has 0 unspecified atom stereocenters. The predicted molar refractivity (Wildman–Crippen MR) is 127 cm³/mol. The van der Waals surface area contributed by atoms with Gasteiger partial charge in [0.1, 0.15) is 11.3 Å². The summed E-state index contributed by atoms with van der Waals surface area (Å²) in [5.41, 5.74) is 5.35. The predicted octanol–water partition coefficient (Wildman–Crippen LogP) is 6.41. The number of nitrogens with one attached hydrogen (secondary N) is 1. The molecule has 0 spiro atoms. The van der Waals surface area contributed by atoms with Crippen LogP contribution in [0.25, 0.3) is 11.1 Å². The van der Waals surface area contributed by atoms with Crippen LogP contribution >= 0.6 is 0 Å². The minimum absolute atomic E-state index is 0.150. The first-order valence-electron chi connectivity index (χ1n) is 11.2. The van der Waals surface area contributed by atoms with Crippen LogP contribution in [0.2, 0.25) is 0 Å². The van der Waals surface area contributed by atoms with Gasteiger partial charge in [-0.15, -0.1) is 0 Å². The number of carbonyl (C=O) groups excluding carboxylic acids is 1. The molecule has 0 fully saturated rings. The summed E-state index contributed by atoms with van der Waals surface area (Å²) in [4.78, 5) is 17.1. The molecule has 164 valence electrons. The molecule has 1 heterocycles. The number of nitrogens with zero attached hydrogens (tertiary/aromatic N) is 1. The molecular weight excluding hydrogens is 400 g/mol. The van der Waals surface area contributed by atoms with E-state index < -0.39 is 0 Å². The average molecular weight is 429 g/mol. The van der Waals surface area contributed by atoms with E-state index in [-0.39, 0.29) is 5.91 Å². The maximum atomic E-state index is 12.5. The summed E-state index contributed by atoms with van der Waals surface area (Å²) in [6, 6.07) is 21.1. The summed E-state index contributed by atoms with van der Waals surface area (Å²) < 4.78 is 11.5. The molecule has 5 nitrogen and oxygen atoms in total. The molecule has 3 aromatic carbocycles. The molecule has 1 aromatic heterocycles. The number of unbranched alkanes of at least 4 members (excludes halogenated alkanes) is 1. The number of aromatic nitrogens is 1. The minimum Gasteiger partial charge on any atom is -0.494 e. The summed E-state index contributed by atoms with van der Waals surface area (Å²) in [5, 5.41) is 2.94. The van der Waals surface area contributed by atoms with Crippen LogP contribution < -0.4 is 10.1 Å². The van der Waals surface area contributed by atoms with E-state index in [0.717, 1.165) is 47.4 Å². The number of oxazole rings is 1. The number of anilines is 1. The van der Waals surface area contributed by atoms with E-state index in [1.807, 2.05) is 42.5 Å². The topological polar surface area (TPSA) is 64.4 Å². The Balaban J connectivity index is 1.35. The van der Waals surface area contributed by atoms with E-state index in [2.05, 4.69) is 36.3 Å². The van der Waals surface area contributed by atoms with E-state index >= 15 is 0 Å². The van der Waals surface area contributed by atoms with Gasteiger partial charge in [-0.3, -0.25) is 4.79 Å². The van der Waals surface area contributed by atoms with Gasteiger partial charge in [0, 0.05) is 17.7 Å². The number of carbonyl (C=O) groups is 1. The molecule has 0 saturated heterocycles. The van der Waals surface area contributed by atoms with Gasteiger partial charge in [0.05, 0.1) is 6.61 Å². The molecule has 0 bridgehead atoms. The third kappa shape index (κ3) is 5.35. The van der Waals surface area contributed by atoms with Gasteiger partial charge in [0.25, 0.3) is 5.91 Å². The van der Waals surface area contributed by atoms with E-state index in [1.54, 1.807) is 12.1 Å². The summed E-state index contributed by atoms with van der Waals surface area (Å²) in [6.45, 7) is 4.94. The largest absolute Gasteiger partial charge is 0.494 e. The fourth-order valence-electron chi connectivity index (χ4n) is 3.44. The smallest absolute Gasteiger partial charge is 0.255 e. The molecule has 0 aliphatic carbocycles. The van der Waals surface area contributed by atoms with Gasteiger partial charge in [-0.2, -0.15) is 0 Å². The lowest BCUT2D eigenvalue weighted by Gasteiger charge is -2.08. The Morgan fingerprint density at radius 2 is 1.72 bits per heavy atom. The van der Waals surface area contributed by atoms with Crippen molar-refractivity contribution in [2.45, 2.75) is 39.5 Å². The molecule has 4 aromatic rings. The van der Waals surface area contributed by atoms with Crippen molar-refractivity contribution in [1.82, 2.24) is 4.98 Å². The highest BCUT2D eigenvalue weighted by molar-refractivity contribution is 6.04. The fraction of sp³-hybridized carbons (Fsp3) is 0.259. The molecule has 1 amide bonds. The van der Waals surface area contributed by atoms with Crippen LogP contribution in [-0.2, 0) is 12.8 Å². The molecule has 0 aliphatic rings. The summed E-state index contributed by atoms with van der Waals surface area (Å²) in [5.74, 6) is 1.32. The lowest BCUT2D eigenvalue weighted by molar-refractivity contribution is 0.102. The monoisotopic (exact) mass is 428 g/mol. The third-order valence-electron chi connectivity index (χ3n) is 5.35. The number of benzene rings is 3. The molecule has 1 N–H and O–H groups in total. The zero-order valence-electron chi connectivity index (χ0n) is 18.6. The van der Waals surface area contributed by atoms with Gasteiger partial charge in [-0.05, 0) is 72.5 Å². The Morgan fingerprint density at radius 3 is 2.44 bits per heavy atom. The number of hydrogen-bond acceptors (Lipinski definition) is 4. The number of ether oxygens (including phenoxy) is 1. The van der Waals surface area contributed by atoms with Gasteiger partial charge >= 0.3 is 0 Å². The van der Waals surface area contributed by atoms with Crippen molar-refractivity contribution in [1.29, 1.82) is 0 Å². The molecule has 0 atom stereocenters. The van der Waals surface area contributed by atoms with Gasteiger partial charge in [-0.25, -0.2) is 4.98 Å². The highest BCUT2D eigenvalue weighted by Crippen LogP contribution is 2.21. The van der Waals surface area contributed by atoms with Gasteiger partial charge in [-0.1, -0.05) is 38.5 Å². The van der Waals surface area contributed by atoms with Crippen LogP contribution in [0.5, 0.6) is 5.75 Å². The van der Waals surface area contributed by atoms with Crippen molar-refractivity contribution in [3.8, 4) is 5.75 Å². The van der Waals surface area contributed by atoms with Crippen LogP contribution in [-0.4, -0.2) is 17.5 Å². The first-order chi connectivity index (χ1) is 15.6. The number of fused-ring (bicyclic) bond motifs is 1. The highest BCUT2D eigenvalue weighted by atomic mass is 16.5. The Labute approximate surface area is 188 Å². The van der Waals surface area contributed by atoms with E-state index in [1.165, 1.54) is 5.56 Å². The summed E-state index contributed by atoms with van der Waals surface area (Å²) >= 11 is 0. The van der Waals surface area contributed by atoms with Crippen molar-refractivity contribution in [3.63, 3.8) is 0 Å². The number of aryl methyl sites for hydroxylation is 1. The zero-order valence-corrected chi connectivity index (χ0v) is 18.6. The Bertz CT molecular complexity index is 1180. The van der Waals surface area contributed by atoms with Crippen molar-refractivity contribution < 1.29 is 13.9 Å². The molecule has 32 heavy (non-hydrogen) atoms. The third-order valence-corrected chi connectivity index (χ3v) is 5.35. The standard InChI is InChI=1S/C27H28N2O3/c1-3-5-16-31-23-13-9-21(10-14-23)27(30)28-22-11-6-20(7-12-22)18-26-29-24-17-19(4-2)8-15-25(24)32-26/h6-15,17H,3-5,16,18H2,1-2H3,(H,28,30). The van der Waals surface area contributed by atoms with Crippen molar-refractivity contribution in [3.05, 3.63) is 89.3 Å². The number of rotatable bonds is 9. The van der Waals surface area contributed by atoms with Crippen molar-refractivity contribution in [2.24, 2.45) is 0 Å². The maximum Gasteiger partial charge on any atom is 0.255 e. The van der Waals surface area contributed by atoms with Crippen LogP contribution in [0.1, 0.15) is 54.1 Å². The molecule has 0 saturated carbocycles. The van der Waals surface area contributed by atoms with Crippen LogP contribution in [0.15, 0.2) is 71.1 Å². The minimum atomic E-state index is -0.150. The molecule has 5 heteroatoms. The molecule has 0 radical (unpaired) electrons. The quantitative estimate of drug-likeness (QED) is 0.313. The second-order valence-electron chi connectivity index (χ2n) is 7.82. The van der Waals surface area contributed by atoms with Gasteiger partial charge in [0.2, 0.25) is 0 Å². The first kappa shape index (κ1) is 21.6. The molecule has 0 aliphatic heterocycles. The number of amides is 1. The van der Waals surface area contributed by atoms with Crippen molar-refractivity contribution >= 4 is 22.7 Å².